The molecule has 0 aromatic heterocycles. The van der Waals surface area contributed by atoms with E-state index in [2.05, 4.69) is 5.32 Å². The maximum absolute atomic E-state index is 11.9. The van der Waals surface area contributed by atoms with Crippen LogP contribution in [0.1, 0.15) is 15.9 Å². The predicted molar refractivity (Wildman–Crippen MR) is 94.3 cm³/mol. The summed E-state index contributed by atoms with van der Waals surface area (Å²) in [7, 11) is 0. The van der Waals surface area contributed by atoms with E-state index in [1.54, 1.807) is 36.4 Å². The van der Waals surface area contributed by atoms with Gasteiger partial charge in [-0.2, -0.15) is 0 Å². The van der Waals surface area contributed by atoms with Gasteiger partial charge in [0.25, 0.3) is 5.91 Å². The van der Waals surface area contributed by atoms with E-state index >= 15 is 0 Å². The van der Waals surface area contributed by atoms with Crippen LogP contribution in [-0.4, -0.2) is 18.5 Å². The molecule has 6 heteroatoms. The zero-order valence-corrected chi connectivity index (χ0v) is 14.6. The van der Waals surface area contributed by atoms with E-state index in [4.69, 9.17) is 16.3 Å². The summed E-state index contributed by atoms with van der Waals surface area (Å²) in [5.74, 6) is -0.943. The van der Waals surface area contributed by atoms with Gasteiger partial charge in [0.15, 0.2) is 6.61 Å². The van der Waals surface area contributed by atoms with Crippen molar-refractivity contribution in [1.82, 2.24) is 0 Å². The van der Waals surface area contributed by atoms with E-state index < -0.39 is 11.9 Å². The summed E-state index contributed by atoms with van der Waals surface area (Å²) < 4.78 is 5.78. The molecule has 0 saturated heterocycles. The van der Waals surface area contributed by atoms with Crippen molar-refractivity contribution in [3.63, 3.8) is 0 Å². The Hall–Kier alpha value is -1.60. The van der Waals surface area contributed by atoms with Gasteiger partial charge >= 0.3 is 5.97 Å². The van der Waals surface area contributed by atoms with Crippen LogP contribution in [0.15, 0.2) is 42.5 Å². The van der Waals surface area contributed by atoms with Crippen LogP contribution in [0.5, 0.6) is 0 Å². The van der Waals surface area contributed by atoms with Crippen molar-refractivity contribution >= 4 is 51.8 Å². The molecule has 22 heavy (non-hydrogen) atoms. The van der Waals surface area contributed by atoms with Gasteiger partial charge in [-0.1, -0.05) is 29.8 Å². The van der Waals surface area contributed by atoms with Crippen LogP contribution in [0.2, 0.25) is 5.02 Å². The monoisotopic (exact) mass is 429 g/mol. The normalized spacial score (nSPS) is 10.1. The van der Waals surface area contributed by atoms with Crippen LogP contribution in [0.3, 0.4) is 0 Å². The number of anilines is 1. The molecule has 114 valence electrons. The second-order valence-corrected chi connectivity index (χ2v) is 6.14. The number of nitrogens with one attached hydrogen (secondary N) is 1. The number of rotatable bonds is 4. The molecule has 4 nitrogen and oxygen atoms in total. The van der Waals surface area contributed by atoms with Crippen LogP contribution in [-0.2, 0) is 9.53 Å². The van der Waals surface area contributed by atoms with Gasteiger partial charge in [-0.25, -0.2) is 4.79 Å². The van der Waals surface area contributed by atoms with Gasteiger partial charge in [-0.3, -0.25) is 4.79 Å². The molecule has 0 fully saturated rings. The summed E-state index contributed by atoms with van der Waals surface area (Å²) in [6, 6.07) is 12.2. The van der Waals surface area contributed by atoms with Crippen LogP contribution >= 0.6 is 34.2 Å². The summed E-state index contributed by atoms with van der Waals surface area (Å²) in [6.45, 7) is 1.52. The highest BCUT2D eigenvalue weighted by atomic mass is 127. The van der Waals surface area contributed by atoms with Gasteiger partial charge in [-0.15, -0.1) is 0 Å². The van der Waals surface area contributed by atoms with Crippen molar-refractivity contribution < 1.29 is 14.3 Å². The number of hydrogen-bond donors (Lipinski definition) is 1. The maximum atomic E-state index is 11.9. The van der Waals surface area contributed by atoms with Crippen molar-refractivity contribution in [3.05, 3.63) is 62.2 Å². The van der Waals surface area contributed by atoms with E-state index in [1.807, 2.05) is 35.6 Å². The summed E-state index contributed by atoms with van der Waals surface area (Å²) in [5, 5.41) is 3.19. The zero-order chi connectivity index (χ0) is 16.1. The number of carbonyl (C=O) groups is 2. The third-order valence-corrected chi connectivity index (χ3v) is 4.23. The largest absolute Gasteiger partial charge is 0.452 e. The zero-order valence-electron chi connectivity index (χ0n) is 11.7. The molecule has 2 aromatic carbocycles. The molecule has 0 radical (unpaired) electrons. The molecule has 1 N–H and O–H groups in total. The molecule has 2 aromatic rings. The number of hydrogen-bond acceptors (Lipinski definition) is 3. The molecule has 0 spiro atoms. The Morgan fingerprint density at radius 3 is 2.64 bits per heavy atom. The Morgan fingerprint density at radius 1 is 1.23 bits per heavy atom. The van der Waals surface area contributed by atoms with Crippen molar-refractivity contribution in [3.8, 4) is 0 Å². The topological polar surface area (TPSA) is 55.4 Å². The van der Waals surface area contributed by atoms with E-state index in [0.717, 1.165) is 9.13 Å². The molecule has 0 saturated carbocycles. The quantitative estimate of drug-likeness (QED) is 0.589. The number of benzene rings is 2. The van der Waals surface area contributed by atoms with E-state index in [9.17, 15) is 9.59 Å². The first-order valence-corrected chi connectivity index (χ1v) is 7.90. The highest BCUT2D eigenvalue weighted by Crippen LogP contribution is 2.20. The maximum Gasteiger partial charge on any atom is 0.339 e. The lowest BCUT2D eigenvalue weighted by Gasteiger charge is -2.08. The first-order chi connectivity index (χ1) is 10.5. The minimum atomic E-state index is -0.526. The summed E-state index contributed by atoms with van der Waals surface area (Å²) in [5.41, 5.74) is 1.92. The second kappa shape index (κ2) is 7.60. The molecule has 0 aliphatic carbocycles. The number of halogens is 2. The Bertz CT molecular complexity index is 718. The van der Waals surface area contributed by atoms with Crippen LogP contribution in [0.25, 0.3) is 0 Å². The van der Waals surface area contributed by atoms with Gasteiger partial charge in [0.2, 0.25) is 0 Å². The van der Waals surface area contributed by atoms with Gasteiger partial charge in [0, 0.05) is 14.3 Å². The van der Waals surface area contributed by atoms with Crippen LogP contribution in [0.4, 0.5) is 5.69 Å². The van der Waals surface area contributed by atoms with Gasteiger partial charge < -0.3 is 10.1 Å². The fourth-order valence-electron chi connectivity index (χ4n) is 1.70. The Kier molecular flexibility index (Phi) is 5.79. The lowest BCUT2D eigenvalue weighted by Crippen LogP contribution is -2.21. The number of aryl methyl sites for hydroxylation is 1. The van der Waals surface area contributed by atoms with Gasteiger partial charge in [-0.05, 0) is 59.3 Å². The highest BCUT2D eigenvalue weighted by molar-refractivity contribution is 14.1. The van der Waals surface area contributed by atoms with Crippen molar-refractivity contribution in [2.45, 2.75) is 6.92 Å². The molecule has 0 aliphatic rings. The molecule has 0 bridgehead atoms. The number of carbonyl (C=O) groups excluding carboxylic acids is 2. The Morgan fingerprint density at radius 2 is 1.95 bits per heavy atom. The standard InChI is InChI=1S/C16H13ClINO3/c1-10-6-7-11(8-13(10)17)19-15(20)9-22-16(21)12-4-2-3-5-14(12)18/h2-8H,9H2,1H3,(H,19,20). The van der Waals surface area contributed by atoms with E-state index in [1.165, 1.54) is 0 Å². The lowest BCUT2D eigenvalue weighted by atomic mass is 10.2. The van der Waals surface area contributed by atoms with Crippen molar-refractivity contribution in [2.75, 3.05) is 11.9 Å². The van der Waals surface area contributed by atoms with Gasteiger partial charge in [0.05, 0.1) is 5.56 Å². The summed E-state index contributed by atoms with van der Waals surface area (Å²) in [4.78, 5) is 23.7. The molecule has 0 atom stereocenters. The molecule has 0 aliphatic heterocycles. The fourth-order valence-corrected chi connectivity index (χ4v) is 2.49. The highest BCUT2D eigenvalue weighted by Gasteiger charge is 2.13. The molecule has 2 rings (SSSR count). The minimum absolute atomic E-state index is 0.352. The lowest BCUT2D eigenvalue weighted by molar-refractivity contribution is -0.119. The summed E-state index contributed by atoms with van der Waals surface area (Å²) in [6.07, 6.45) is 0. The molecule has 1 amide bonds. The number of esters is 1. The first-order valence-electron chi connectivity index (χ1n) is 6.45. The number of ether oxygens (including phenoxy) is 1. The minimum Gasteiger partial charge on any atom is -0.452 e. The average Bonchev–Trinajstić information content (AvgIpc) is 2.49. The average molecular weight is 430 g/mol. The Balaban J connectivity index is 1.91. The third kappa shape index (κ3) is 4.45. The van der Waals surface area contributed by atoms with E-state index in [-0.39, 0.29) is 6.61 Å². The molecule has 0 unspecified atom stereocenters. The molecule has 0 heterocycles. The smallest absolute Gasteiger partial charge is 0.339 e. The number of amides is 1. The van der Waals surface area contributed by atoms with Gasteiger partial charge in [0.1, 0.15) is 0 Å². The fraction of sp³-hybridized carbons (Fsp3) is 0.125. The van der Waals surface area contributed by atoms with Crippen molar-refractivity contribution in [2.24, 2.45) is 0 Å². The molecular formula is C16H13ClINO3. The summed E-state index contributed by atoms with van der Waals surface area (Å²) >= 11 is 8.03. The second-order valence-electron chi connectivity index (χ2n) is 4.57. The van der Waals surface area contributed by atoms with Crippen molar-refractivity contribution in [1.29, 1.82) is 0 Å². The molecular weight excluding hydrogens is 417 g/mol. The van der Waals surface area contributed by atoms with Crippen LogP contribution in [0, 0.1) is 10.5 Å². The third-order valence-electron chi connectivity index (χ3n) is 2.88. The Labute approximate surface area is 146 Å². The van der Waals surface area contributed by atoms with Crippen LogP contribution < -0.4 is 5.32 Å². The SMILES string of the molecule is Cc1ccc(NC(=O)COC(=O)c2ccccc2I)cc1Cl. The van der Waals surface area contributed by atoms with E-state index in [0.29, 0.717) is 16.3 Å². The first kappa shape index (κ1) is 16.8. The predicted octanol–water partition coefficient (Wildman–Crippen LogP) is 4.05.